The van der Waals surface area contributed by atoms with E-state index in [0.717, 1.165) is 24.2 Å². The molecule has 0 aliphatic heterocycles. The predicted molar refractivity (Wildman–Crippen MR) is 75.7 cm³/mol. The molecule has 0 amide bonds. The van der Waals surface area contributed by atoms with Gasteiger partial charge < -0.3 is 10.7 Å². The fraction of sp³-hybridized carbons (Fsp3) is 0.812. The summed E-state index contributed by atoms with van der Waals surface area (Å²) < 4.78 is 0. The standard InChI is InChI=1S/C16H25N3/c17-2-1-14-10-18-15(19-14)9-16-6-11-3-12(7-16)5-13(4-11)8-16/h10-13H,1-9,17H2,(H,18,19). The molecule has 0 saturated heterocycles. The Balaban J connectivity index is 1.52. The highest BCUT2D eigenvalue weighted by Crippen LogP contribution is 2.60. The minimum absolute atomic E-state index is 0.590. The van der Waals surface area contributed by atoms with Gasteiger partial charge in [-0.3, -0.25) is 0 Å². The molecule has 4 bridgehead atoms. The van der Waals surface area contributed by atoms with E-state index in [0.29, 0.717) is 12.0 Å². The molecule has 5 rings (SSSR count). The zero-order chi connectivity index (χ0) is 12.9. The number of rotatable bonds is 4. The zero-order valence-corrected chi connectivity index (χ0v) is 11.7. The quantitative estimate of drug-likeness (QED) is 0.873. The Morgan fingerprint density at radius 3 is 2.37 bits per heavy atom. The smallest absolute Gasteiger partial charge is 0.106 e. The first-order chi connectivity index (χ1) is 9.25. The van der Waals surface area contributed by atoms with Gasteiger partial charge in [0.2, 0.25) is 0 Å². The number of aromatic amines is 1. The Morgan fingerprint density at radius 1 is 1.16 bits per heavy atom. The van der Waals surface area contributed by atoms with Crippen molar-refractivity contribution in [1.82, 2.24) is 9.97 Å². The molecule has 4 aliphatic carbocycles. The Hall–Kier alpha value is -0.830. The summed E-state index contributed by atoms with van der Waals surface area (Å²) in [6, 6.07) is 0. The maximum absolute atomic E-state index is 5.61. The van der Waals surface area contributed by atoms with Gasteiger partial charge in [-0.15, -0.1) is 0 Å². The second-order valence-corrected chi connectivity index (χ2v) is 7.49. The van der Waals surface area contributed by atoms with Crippen LogP contribution in [0, 0.1) is 23.2 Å². The Morgan fingerprint density at radius 2 is 1.79 bits per heavy atom. The summed E-state index contributed by atoms with van der Waals surface area (Å²) >= 11 is 0. The Labute approximate surface area is 115 Å². The van der Waals surface area contributed by atoms with E-state index < -0.39 is 0 Å². The van der Waals surface area contributed by atoms with Crippen molar-refractivity contribution in [2.45, 2.75) is 51.4 Å². The molecule has 3 nitrogen and oxygen atoms in total. The average Bonchev–Trinajstić information content (AvgIpc) is 2.74. The minimum Gasteiger partial charge on any atom is -0.346 e. The first kappa shape index (κ1) is 12.0. The molecule has 0 atom stereocenters. The number of aromatic nitrogens is 2. The van der Waals surface area contributed by atoms with Crippen molar-refractivity contribution in [3.05, 3.63) is 17.7 Å². The highest BCUT2D eigenvalue weighted by atomic mass is 14.9. The first-order valence-electron chi connectivity index (χ1n) is 7.97. The van der Waals surface area contributed by atoms with E-state index in [1.807, 2.05) is 6.20 Å². The van der Waals surface area contributed by atoms with Gasteiger partial charge in [0, 0.05) is 24.7 Å². The summed E-state index contributed by atoms with van der Waals surface area (Å²) in [5.41, 5.74) is 7.41. The normalized spacial score (nSPS) is 39.9. The van der Waals surface area contributed by atoms with Crippen LogP contribution in [-0.4, -0.2) is 16.5 Å². The lowest BCUT2D eigenvalue weighted by molar-refractivity contribution is -0.0530. The summed E-state index contributed by atoms with van der Waals surface area (Å²) in [4.78, 5) is 8.10. The maximum atomic E-state index is 5.61. The summed E-state index contributed by atoms with van der Waals surface area (Å²) in [5, 5.41) is 0. The van der Waals surface area contributed by atoms with Gasteiger partial charge in [0.1, 0.15) is 5.82 Å². The molecular formula is C16H25N3. The fourth-order valence-electron chi connectivity index (χ4n) is 5.64. The third-order valence-electron chi connectivity index (χ3n) is 5.80. The van der Waals surface area contributed by atoms with Gasteiger partial charge in [-0.05, 0) is 68.2 Å². The topological polar surface area (TPSA) is 54.7 Å². The zero-order valence-electron chi connectivity index (χ0n) is 11.7. The largest absolute Gasteiger partial charge is 0.346 e. The number of nitrogens with zero attached hydrogens (tertiary/aromatic N) is 1. The lowest BCUT2D eigenvalue weighted by atomic mass is 9.49. The highest BCUT2D eigenvalue weighted by molar-refractivity contribution is 5.08. The van der Waals surface area contributed by atoms with Gasteiger partial charge in [-0.2, -0.15) is 0 Å². The van der Waals surface area contributed by atoms with Gasteiger partial charge in [0.05, 0.1) is 0 Å². The molecule has 3 heteroatoms. The van der Waals surface area contributed by atoms with Crippen molar-refractivity contribution >= 4 is 0 Å². The molecular weight excluding hydrogens is 234 g/mol. The van der Waals surface area contributed by atoms with Crippen LogP contribution >= 0.6 is 0 Å². The second kappa shape index (κ2) is 4.34. The molecule has 19 heavy (non-hydrogen) atoms. The third kappa shape index (κ3) is 2.12. The van der Waals surface area contributed by atoms with E-state index >= 15 is 0 Å². The molecule has 1 heterocycles. The van der Waals surface area contributed by atoms with E-state index in [9.17, 15) is 0 Å². The number of nitrogens with one attached hydrogen (secondary N) is 1. The number of H-pyrrole nitrogens is 1. The van der Waals surface area contributed by atoms with Crippen LogP contribution in [0.2, 0.25) is 0 Å². The van der Waals surface area contributed by atoms with Crippen molar-refractivity contribution < 1.29 is 0 Å². The van der Waals surface area contributed by atoms with E-state index in [1.165, 1.54) is 56.5 Å². The molecule has 4 saturated carbocycles. The van der Waals surface area contributed by atoms with Crippen LogP contribution in [0.4, 0.5) is 0 Å². The van der Waals surface area contributed by atoms with Crippen LogP contribution < -0.4 is 5.73 Å². The molecule has 0 radical (unpaired) electrons. The number of imidazole rings is 1. The first-order valence-corrected chi connectivity index (χ1v) is 7.97. The molecule has 0 spiro atoms. The van der Waals surface area contributed by atoms with Crippen LogP contribution in [0.15, 0.2) is 6.20 Å². The van der Waals surface area contributed by atoms with Crippen molar-refractivity contribution in [1.29, 1.82) is 0 Å². The second-order valence-electron chi connectivity index (χ2n) is 7.49. The molecule has 0 unspecified atom stereocenters. The van der Waals surface area contributed by atoms with Crippen molar-refractivity contribution in [2.24, 2.45) is 28.9 Å². The summed E-state index contributed by atoms with van der Waals surface area (Å²) in [6.07, 6.45) is 13.1. The molecule has 1 aromatic rings. The van der Waals surface area contributed by atoms with Gasteiger partial charge in [-0.1, -0.05) is 0 Å². The Bertz CT molecular complexity index is 427. The Kier molecular flexibility index (Phi) is 2.73. The number of hydrogen-bond donors (Lipinski definition) is 2. The van der Waals surface area contributed by atoms with Gasteiger partial charge >= 0.3 is 0 Å². The lowest BCUT2D eigenvalue weighted by Crippen LogP contribution is -2.47. The summed E-state index contributed by atoms with van der Waals surface area (Å²) in [6.45, 7) is 0.707. The van der Waals surface area contributed by atoms with Crippen LogP contribution in [-0.2, 0) is 12.8 Å². The van der Waals surface area contributed by atoms with E-state index in [4.69, 9.17) is 5.73 Å². The van der Waals surface area contributed by atoms with E-state index in [2.05, 4.69) is 9.97 Å². The van der Waals surface area contributed by atoms with Crippen LogP contribution in [0.5, 0.6) is 0 Å². The van der Waals surface area contributed by atoms with Crippen molar-refractivity contribution in [3.63, 3.8) is 0 Å². The number of hydrogen-bond acceptors (Lipinski definition) is 2. The van der Waals surface area contributed by atoms with Crippen LogP contribution in [0.3, 0.4) is 0 Å². The third-order valence-corrected chi connectivity index (χ3v) is 5.80. The molecule has 0 aromatic carbocycles. The number of nitrogens with two attached hydrogens (primary N) is 1. The van der Waals surface area contributed by atoms with E-state index in [-0.39, 0.29) is 0 Å². The predicted octanol–water partition coefficient (Wildman–Crippen LogP) is 2.67. The van der Waals surface area contributed by atoms with Crippen LogP contribution in [0.25, 0.3) is 0 Å². The van der Waals surface area contributed by atoms with Gasteiger partial charge in [0.25, 0.3) is 0 Å². The molecule has 3 N–H and O–H groups in total. The highest BCUT2D eigenvalue weighted by Gasteiger charge is 2.50. The summed E-state index contributed by atoms with van der Waals surface area (Å²) in [5.74, 6) is 4.31. The molecule has 4 aliphatic rings. The average molecular weight is 259 g/mol. The van der Waals surface area contributed by atoms with Crippen molar-refractivity contribution in [3.8, 4) is 0 Å². The lowest BCUT2D eigenvalue weighted by Gasteiger charge is -2.56. The van der Waals surface area contributed by atoms with Gasteiger partial charge in [0.15, 0.2) is 0 Å². The SMILES string of the molecule is NCCc1cnc(CC23CC4CC(CC(C4)C2)C3)[nH]1. The van der Waals surface area contributed by atoms with Gasteiger partial charge in [-0.25, -0.2) is 4.98 Å². The molecule has 1 aromatic heterocycles. The van der Waals surface area contributed by atoms with Crippen molar-refractivity contribution in [2.75, 3.05) is 6.54 Å². The monoisotopic (exact) mass is 259 g/mol. The molecule has 4 fully saturated rings. The van der Waals surface area contributed by atoms with Crippen LogP contribution in [0.1, 0.15) is 50.0 Å². The maximum Gasteiger partial charge on any atom is 0.106 e. The van der Waals surface area contributed by atoms with E-state index in [1.54, 1.807) is 0 Å². The fourth-order valence-corrected chi connectivity index (χ4v) is 5.64. The molecule has 104 valence electrons. The minimum atomic E-state index is 0.590. The summed E-state index contributed by atoms with van der Waals surface area (Å²) in [7, 11) is 0.